The van der Waals surface area contributed by atoms with Crippen LogP contribution in [0.2, 0.25) is 0 Å². The first-order chi connectivity index (χ1) is 14.0. The summed E-state index contributed by atoms with van der Waals surface area (Å²) in [6.45, 7) is 9.31. The van der Waals surface area contributed by atoms with Gasteiger partial charge in [-0.05, 0) is 43.4 Å². The average Bonchev–Trinajstić information content (AvgIpc) is 2.68. The average molecular weight is 395 g/mol. The summed E-state index contributed by atoms with van der Waals surface area (Å²) in [5.41, 5.74) is 3.53. The van der Waals surface area contributed by atoms with Crippen molar-refractivity contribution in [2.45, 2.75) is 38.3 Å². The third kappa shape index (κ3) is 4.46. The molecule has 0 spiro atoms. The van der Waals surface area contributed by atoms with Crippen molar-refractivity contribution < 1.29 is 9.84 Å². The summed E-state index contributed by atoms with van der Waals surface area (Å²) in [5.74, 6) is 1.64. The van der Waals surface area contributed by atoms with Crippen molar-refractivity contribution in [3.8, 4) is 5.75 Å². The molecule has 3 unspecified atom stereocenters. The van der Waals surface area contributed by atoms with Crippen molar-refractivity contribution in [2.24, 2.45) is 5.92 Å². The van der Waals surface area contributed by atoms with Crippen LogP contribution in [0.25, 0.3) is 0 Å². The van der Waals surface area contributed by atoms with E-state index >= 15 is 0 Å². The molecule has 2 aliphatic rings. The van der Waals surface area contributed by atoms with E-state index in [0.717, 1.165) is 49.5 Å². The molecule has 5 heteroatoms. The molecule has 3 atom stereocenters. The lowest BCUT2D eigenvalue weighted by Crippen LogP contribution is -2.49. The maximum absolute atomic E-state index is 12.2. The minimum atomic E-state index is -0.551. The number of rotatable bonds is 7. The van der Waals surface area contributed by atoms with Crippen LogP contribution in [0.3, 0.4) is 0 Å². The number of ether oxygens (including phenoxy) is 1. The molecule has 2 bridgehead atoms. The van der Waals surface area contributed by atoms with Crippen molar-refractivity contribution in [1.82, 2.24) is 9.47 Å². The minimum Gasteiger partial charge on any atom is -0.491 e. The number of nitrogens with zero attached hydrogens (tertiary/aromatic N) is 2. The van der Waals surface area contributed by atoms with Crippen molar-refractivity contribution in [1.29, 1.82) is 0 Å². The Labute approximate surface area is 172 Å². The molecule has 2 aromatic rings. The van der Waals surface area contributed by atoms with Crippen LogP contribution in [0.1, 0.15) is 29.2 Å². The van der Waals surface area contributed by atoms with Gasteiger partial charge in [0.15, 0.2) is 0 Å². The maximum atomic E-state index is 12.2. The summed E-state index contributed by atoms with van der Waals surface area (Å²) in [5, 5.41) is 10.6. The number of pyridine rings is 1. The zero-order chi connectivity index (χ0) is 20.4. The third-order valence-corrected chi connectivity index (χ3v) is 6.04. The Morgan fingerprint density at radius 2 is 2.14 bits per heavy atom. The fraction of sp³-hybridized carbons (Fsp3) is 0.458. The molecular weight excluding hydrogens is 364 g/mol. The van der Waals surface area contributed by atoms with Gasteiger partial charge in [0.05, 0.1) is 0 Å². The first-order valence-electron chi connectivity index (χ1n) is 10.5. The fourth-order valence-corrected chi connectivity index (χ4v) is 4.85. The van der Waals surface area contributed by atoms with Crippen LogP contribution in [0.15, 0.2) is 53.8 Å². The third-order valence-electron chi connectivity index (χ3n) is 6.04. The van der Waals surface area contributed by atoms with E-state index in [1.807, 2.05) is 28.8 Å². The molecule has 1 N–H and O–H groups in total. The smallest absolute Gasteiger partial charge is 0.250 e. The highest BCUT2D eigenvalue weighted by Crippen LogP contribution is 2.34. The van der Waals surface area contributed by atoms with E-state index in [-0.39, 0.29) is 12.2 Å². The van der Waals surface area contributed by atoms with Gasteiger partial charge in [-0.3, -0.25) is 9.69 Å². The molecule has 29 heavy (non-hydrogen) atoms. The van der Waals surface area contributed by atoms with Gasteiger partial charge in [0.1, 0.15) is 18.5 Å². The standard InChI is InChI=1S/C24H30N2O3/c1-3-5-19-10-17(2)8-9-23(19)29-16-21(27)15-25-12-18-11-20(14-25)22-6-4-7-24(28)26(22)13-18/h3-4,6-10,18,20-21,27H,1,5,11-16H2,2H3. The number of hydrogen-bond acceptors (Lipinski definition) is 4. The number of allylic oxidation sites excluding steroid dienone is 1. The lowest BCUT2D eigenvalue weighted by atomic mass is 9.83. The van der Waals surface area contributed by atoms with Crippen LogP contribution >= 0.6 is 0 Å². The highest BCUT2D eigenvalue weighted by molar-refractivity contribution is 5.38. The lowest BCUT2D eigenvalue weighted by Gasteiger charge is -2.43. The van der Waals surface area contributed by atoms with Gasteiger partial charge in [0.25, 0.3) is 5.56 Å². The number of aromatic nitrogens is 1. The van der Waals surface area contributed by atoms with Gasteiger partial charge in [-0.2, -0.15) is 0 Å². The second kappa shape index (κ2) is 8.56. The molecule has 3 heterocycles. The quantitative estimate of drug-likeness (QED) is 0.734. The van der Waals surface area contributed by atoms with Gasteiger partial charge in [0, 0.05) is 43.9 Å². The van der Waals surface area contributed by atoms with Crippen molar-refractivity contribution in [3.63, 3.8) is 0 Å². The van der Waals surface area contributed by atoms with Gasteiger partial charge in [-0.15, -0.1) is 6.58 Å². The van der Waals surface area contributed by atoms with Crippen LogP contribution in [0.5, 0.6) is 5.75 Å². The molecule has 2 aliphatic heterocycles. The SMILES string of the molecule is C=CCc1cc(C)ccc1OCC(O)CN1CC2CC(C1)c1cccc(=O)n1C2. The Hall–Kier alpha value is -2.37. The highest BCUT2D eigenvalue weighted by Gasteiger charge is 2.34. The monoisotopic (exact) mass is 394 g/mol. The molecule has 154 valence electrons. The maximum Gasteiger partial charge on any atom is 0.250 e. The topological polar surface area (TPSA) is 54.7 Å². The van der Waals surface area contributed by atoms with E-state index < -0.39 is 6.10 Å². The Bertz CT molecular complexity index is 936. The van der Waals surface area contributed by atoms with Crippen molar-refractivity contribution >= 4 is 0 Å². The Morgan fingerprint density at radius 1 is 1.28 bits per heavy atom. The molecule has 1 aromatic carbocycles. The summed E-state index contributed by atoms with van der Waals surface area (Å²) in [6.07, 6.45) is 3.19. The molecule has 1 fully saturated rings. The number of hydrogen-bond donors (Lipinski definition) is 1. The number of β-amino-alcohol motifs (C(OH)–C–C–N with tert-alkyl or cyclic N) is 1. The van der Waals surface area contributed by atoms with Crippen LogP contribution in [0.4, 0.5) is 0 Å². The zero-order valence-corrected chi connectivity index (χ0v) is 17.1. The predicted octanol–water partition coefficient (Wildman–Crippen LogP) is 2.74. The van der Waals surface area contributed by atoms with E-state index in [0.29, 0.717) is 18.4 Å². The van der Waals surface area contributed by atoms with E-state index in [2.05, 4.69) is 30.5 Å². The van der Waals surface area contributed by atoms with Crippen molar-refractivity contribution in [2.75, 3.05) is 26.2 Å². The number of aryl methyl sites for hydroxylation is 1. The van der Waals surface area contributed by atoms with E-state index in [9.17, 15) is 9.90 Å². The molecule has 0 amide bonds. The first kappa shape index (κ1) is 19.9. The van der Waals surface area contributed by atoms with Gasteiger partial charge in [-0.1, -0.05) is 29.8 Å². The van der Waals surface area contributed by atoms with Gasteiger partial charge in [0.2, 0.25) is 0 Å². The number of likely N-dealkylation sites (tertiary alicyclic amines) is 1. The van der Waals surface area contributed by atoms with Crippen LogP contribution in [0, 0.1) is 12.8 Å². The fourth-order valence-electron chi connectivity index (χ4n) is 4.85. The summed E-state index contributed by atoms with van der Waals surface area (Å²) in [6, 6.07) is 11.7. The molecular formula is C24H30N2O3. The highest BCUT2D eigenvalue weighted by atomic mass is 16.5. The molecule has 0 aliphatic carbocycles. The Balaban J connectivity index is 1.36. The van der Waals surface area contributed by atoms with Crippen molar-refractivity contribution in [3.05, 3.63) is 76.2 Å². The van der Waals surface area contributed by atoms with E-state index in [4.69, 9.17) is 4.74 Å². The number of aliphatic hydroxyl groups excluding tert-OH is 1. The number of aliphatic hydroxyl groups is 1. The zero-order valence-electron chi connectivity index (χ0n) is 17.1. The predicted molar refractivity (Wildman–Crippen MR) is 115 cm³/mol. The van der Waals surface area contributed by atoms with Crippen LogP contribution in [-0.2, 0) is 13.0 Å². The van der Waals surface area contributed by atoms with Gasteiger partial charge < -0.3 is 14.4 Å². The molecule has 1 aromatic heterocycles. The number of benzene rings is 1. The normalized spacial score (nSPS) is 22.0. The molecule has 5 nitrogen and oxygen atoms in total. The molecule has 1 saturated heterocycles. The van der Waals surface area contributed by atoms with Gasteiger partial charge >= 0.3 is 0 Å². The number of piperidine rings is 1. The second-order valence-corrected chi connectivity index (χ2v) is 8.49. The summed E-state index contributed by atoms with van der Waals surface area (Å²) in [4.78, 5) is 14.5. The Morgan fingerprint density at radius 3 is 2.97 bits per heavy atom. The van der Waals surface area contributed by atoms with E-state index in [1.54, 1.807) is 6.07 Å². The molecule has 0 saturated carbocycles. The van der Waals surface area contributed by atoms with E-state index in [1.165, 1.54) is 5.56 Å². The molecule has 0 radical (unpaired) electrons. The lowest BCUT2D eigenvalue weighted by molar-refractivity contribution is 0.0382. The largest absolute Gasteiger partial charge is 0.491 e. The Kier molecular flexibility index (Phi) is 5.88. The summed E-state index contributed by atoms with van der Waals surface area (Å²) >= 11 is 0. The van der Waals surface area contributed by atoms with Crippen LogP contribution < -0.4 is 10.3 Å². The van der Waals surface area contributed by atoms with Crippen LogP contribution in [-0.4, -0.2) is 46.9 Å². The summed E-state index contributed by atoms with van der Waals surface area (Å²) < 4.78 is 7.88. The first-order valence-corrected chi connectivity index (χ1v) is 10.5. The van der Waals surface area contributed by atoms with Gasteiger partial charge in [-0.25, -0.2) is 0 Å². The minimum absolute atomic E-state index is 0.104. The summed E-state index contributed by atoms with van der Waals surface area (Å²) in [7, 11) is 0. The molecule has 4 rings (SSSR count). The second-order valence-electron chi connectivity index (χ2n) is 8.49. The number of fused-ring (bicyclic) bond motifs is 4.